The number of hydrogen-bond donors (Lipinski definition) is 0. The first-order valence-electron chi connectivity index (χ1n) is 8.52. The monoisotopic (exact) mass is 309 g/mol. The van der Waals surface area contributed by atoms with E-state index in [9.17, 15) is 0 Å². The maximum atomic E-state index is 6.01. The van der Waals surface area contributed by atoms with Crippen LogP contribution in [0.1, 0.15) is 55.1 Å². The fourth-order valence-electron chi connectivity index (χ4n) is 5.31. The predicted octanol–water partition coefficient (Wildman–Crippen LogP) is 5.79. The summed E-state index contributed by atoms with van der Waals surface area (Å²) in [6.07, 6.45) is 9.30. The average molecular weight is 310 g/mol. The molecular weight excluding hydrogens is 290 g/mol. The Labute approximate surface area is 136 Å². The van der Waals surface area contributed by atoms with Crippen molar-refractivity contribution in [1.29, 1.82) is 0 Å². The van der Waals surface area contributed by atoms with Crippen molar-refractivity contribution in [2.75, 3.05) is 0 Å². The van der Waals surface area contributed by atoms with E-state index in [0.29, 0.717) is 0 Å². The van der Waals surface area contributed by atoms with Crippen molar-refractivity contribution >= 4 is 11.6 Å². The van der Waals surface area contributed by atoms with Crippen LogP contribution in [0.15, 0.2) is 36.5 Å². The molecule has 0 saturated heterocycles. The fraction of sp³-hybridized carbons (Fsp3) is 0.450. The lowest BCUT2D eigenvalue weighted by atomic mass is 9.67. The Balaban J connectivity index is 1.61. The molecule has 4 aliphatic carbocycles. The van der Waals surface area contributed by atoms with E-state index >= 15 is 0 Å². The van der Waals surface area contributed by atoms with Crippen LogP contribution in [0.3, 0.4) is 0 Å². The Bertz CT molecular complexity index is 707. The lowest BCUT2D eigenvalue weighted by Crippen LogP contribution is -2.25. The van der Waals surface area contributed by atoms with Crippen molar-refractivity contribution in [3.8, 4) is 11.3 Å². The van der Waals surface area contributed by atoms with Gasteiger partial charge in [0, 0.05) is 16.8 Å². The highest BCUT2D eigenvalue weighted by atomic mass is 35.5. The summed E-state index contributed by atoms with van der Waals surface area (Å²) in [4.78, 5) is 4.79. The van der Waals surface area contributed by atoms with Gasteiger partial charge in [-0.1, -0.05) is 23.7 Å². The van der Waals surface area contributed by atoms with E-state index < -0.39 is 0 Å². The molecule has 0 radical (unpaired) electrons. The highest BCUT2D eigenvalue weighted by Gasteiger charge is 2.42. The number of rotatable bonds is 1. The summed E-state index contributed by atoms with van der Waals surface area (Å²) in [6.45, 7) is 0. The second-order valence-electron chi connectivity index (χ2n) is 7.51. The van der Waals surface area contributed by atoms with E-state index in [0.717, 1.165) is 34.4 Å². The molecular formula is C20H20ClN. The van der Waals surface area contributed by atoms with E-state index in [1.807, 2.05) is 12.1 Å². The molecule has 0 spiro atoms. The van der Waals surface area contributed by atoms with Crippen molar-refractivity contribution in [3.63, 3.8) is 0 Å². The third-order valence-corrected chi connectivity index (χ3v) is 6.38. The first kappa shape index (κ1) is 13.1. The molecule has 2 saturated carbocycles. The van der Waals surface area contributed by atoms with Crippen LogP contribution >= 0.6 is 11.6 Å². The average Bonchev–Trinajstić information content (AvgIpc) is 2.69. The van der Waals surface area contributed by atoms with Gasteiger partial charge in [0.1, 0.15) is 0 Å². The van der Waals surface area contributed by atoms with E-state index in [-0.39, 0.29) is 0 Å². The second kappa shape index (κ2) is 4.83. The van der Waals surface area contributed by atoms with Crippen molar-refractivity contribution in [3.05, 3.63) is 52.7 Å². The Morgan fingerprint density at radius 3 is 2.14 bits per heavy atom. The molecule has 4 aliphatic rings. The van der Waals surface area contributed by atoms with Gasteiger partial charge in [0.05, 0.1) is 5.69 Å². The number of aromatic nitrogens is 1. The van der Waals surface area contributed by atoms with Gasteiger partial charge in [-0.05, 0) is 85.1 Å². The normalized spacial score (nSPS) is 31.9. The highest BCUT2D eigenvalue weighted by molar-refractivity contribution is 6.30. The van der Waals surface area contributed by atoms with E-state index in [1.165, 1.54) is 37.7 Å². The standard InChI is InChI=1S/C20H20ClN/c21-17-3-1-14(2-4-17)20-10-18-15-6-12-5-13(7-15)9-16(8-12)19(18)11-22-20/h1-4,10-13,15-16H,5-9H2. The Kier molecular flexibility index (Phi) is 2.88. The molecule has 1 heterocycles. The molecule has 112 valence electrons. The lowest BCUT2D eigenvalue weighted by Gasteiger charge is -2.38. The molecule has 2 heteroatoms. The topological polar surface area (TPSA) is 12.9 Å². The number of hydrogen-bond acceptors (Lipinski definition) is 1. The minimum Gasteiger partial charge on any atom is -0.256 e. The van der Waals surface area contributed by atoms with Gasteiger partial charge >= 0.3 is 0 Å². The Morgan fingerprint density at radius 2 is 1.45 bits per heavy atom. The van der Waals surface area contributed by atoms with E-state index in [1.54, 1.807) is 11.1 Å². The number of pyridine rings is 1. The summed E-state index contributed by atoms with van der Waals surface area (Å²) in [5.41, 5.74) is 5.45. The molecule has 2 fully saturated rings. The van der Waals surface area contributed by atoms with Crippen molar-refractivity contribution in [1.82, 2.24) is 4.98 Å². The molecule has 0 aliphatic heterocycles. The van der Waals surface area contributed by atoms with Crippen LogP contribution < -0.4 is 0 Å². The fourth-order valence-corrected chi connectivity index (χ4v) is 5.44. The third kappa shape index (κ3) is 2.02. The van der Waals surface area contributed by atoms with Crippen molar-refractivity contribution in [2.24, 2.45) is 11.8 Å². The van der Waals surface area contributed by atoms with Crippen LogP contribution in [-0.4, -0.2) is 4.98 Å². The maximum Gasteiger partial charge on any atom is 0.0705 e. The molecule has 1 nitrogen and oxygen atoms in total. The van der Waals surface area contributed by atoms with Crippen LogP contribution in [0.2, 0.25) is 5.02 Å². The summed E-state index contributed by atoms with van der Waals surface area (Å²) in [5.74, 6) is 3.49. The minimum absolute atomic E-state index is 0.776. The van der Waals surface area contributed by atoms with E-state index in [2.05, 4.69) is 24.4 Å². The summed E-state index contributed by atoms with van der Waals surface area (Å²) in [5, 5.41) is 0.787. The highest BCUT2D eigenvalue weighted by Crippen LogP contribution is 2.56. The summed E-state index contributed by atoms with van der Waals surface area (Å²) >= 11 is 6.01. The first-order chi connectivity index (χ1) is 10.8. The molecule has 0 N–H and O–H groups in total. The summed E-state index contributed by atoms with van der Waals surface area (Å²) in [6, 6.07) is 10.5. The van der Waals surface area contributed by atoms with Gasteiger partial charge in [0.25, 0.3) is 0 Å². The SMILES string of the molecule is Clc1ccc(-c2cc3c(cn2)C2CC4CC(C2)CC3C4)cc1. The smallest absolute Gasteiger partial charge is 0.0705 e. The van der Waals surface area contributed by atoms with Crippen molar-refractivity contribution < 1.29 is 0 Å². The number of nitrogens with zero attached hydrogens (tertiary/aromatic N) is 1. The van der Waals surface area contributed by atoms with Gasteiger partial charge in [0.15, 0.2) is 0 Å². The van der Waals surface area contributed by atoms with Gasteiger partial charge in [0.2, 0.25) is 0 Å². The first-order valence-corrected chi connectivity index (χ1v) is 8.90. The van der Waals surface area contributed by atoms with Gasteiger partial charge < -0.3 is 0 Å². The molecule has 2 aromatic rings. The van der Waals surface area contributed by atoms with Gasteiger partial charge in [-0.3, -0.25) is 4.98 Å². The zero-order valence-corrected chi connectivity index (χ0v) is 13.4. The third-order valence-electron chi connectivity index (χ3n) is 6.13. The number of benzene rings is 1. The van der Waals surface area contributed by atoms with Crippen molar-refractivity contribution in [2.45, 2.75) is 43.9 Å². The molecule has 2 unspecified atom stereocenters. The molecule has 2 atom stereocenters. The summed E-state index contributed by atoms with van der Waals surface area (Å²) < 4.78 is 0. The lowest BCUT2D eigenvalue weighted by molar-refractivity contribution is 0.166. The van der Waals surface area contributed by atoms with Gasteiger partial charge in [-0.15, -0.1) is 0 Å². The van der Waals surface area contributed by atoms with Crippen LogP contribution in [0.5, 0.6) is 0 Å². The minimum atomic E-state index is 0.776. The molecule has 4 bridgehead atoms. The van der Waals surface area contributed by atoms with E-state index in [4.69, 9.17) is 16.6 Å². The zero-order chi connectivity index (χ0) is 14.7. The van der Waals surface area contributed by atoms with Crippen LogP contribution in [-0.2, 0) is 0 Å². The van der Waals surface area contributed by atoms with Gasteiger partial charge in [-0.25, -0.2) is 0 Å². The molecule has 22 heavy (non-hydrogen) atoms. The second-order valence-corrected chi connectivity index (χ2v) is 7.95. The predicted molar refractivity (Wildman–Crippen MR) is 90.2 cm³/mol. The summed E-state index contributed by atoms with van der Waals surface area (Å²) in [7, 11) is 0. The molecule has 1 aromatic carbocycles. The largest absolute Gasteiger partial charge is 0.256 e. The van der Waals surface area contributed by atoms with Crippen LogP contribution in [0.25, 0.3) is 11.3 Å². The van der Waals surface area contributed by atoms with Crippen LogP contribution in [0.4, 0.5) is 0 Å². The Morgan fingerprint density at radius 1 is 0.818 bits per heavy atom. The maximum absolute atomic E-state index is 6.01. The zero-order valence-electron chi connectivity index (χ0n) is 12.6. The number of halogens is 1. The molecule has 6 rings (SSSR count). The Hall–Kier alpha value is -1.34. The molecule has 1 aromatic heterocycles. The molecule has 0 amide bonds. The van der Waals surface area contributed by atoms with Gasteiger partial charge in [-0.2, -0.15) is 0 Å². The quantitative estimate of drug-likeness (QED) is 0.649. The van der Waals surface area contributed by atoms with Crippen LogP contribution in [0, 0.1) is 11.8 Å².